The molecule has 2 N–H and O–H groups in total. The highest BCUT2D eigenvalue weighted by Gasteiger charge is 2.34. The van der Waals surface area contributed by atoms with Crippen molar-refractivity contribution in [2.75, 3.05) is 18.1 Å². The third kappa shape index (κ3) is 2.79. The first-order chi connectivity index (χ1) is 6.72. The van der Waals surface area contributed by atoms with Gasteiger partial charge in [0.15, 0.2) is 0 Å². The number of hydrogen-bond donors (Lipinski definition) is 2. The monoisotopic (exact) mass is 215 g/mol. The van der Waals surface area contributed by atoms with Crippen molar-refractivity contribution in [1.29, 1.82) is 5.26 Å². The molecule has 78 valence electrons. The van der Waals surface area contributed by atoms with Crippen LogP contribution in [0.2, 0.25) is 0 Å². The highest BCUT2D eigenvalue weighted by Crippen LogP contribution is 2.26. The van der Waals surface area contributed by atoms with Gasteiger partial charge in [-0.25, -0.2) is 10.2 Å². The molecule has 0 radical (unpaired) electrons. The van der Waals surface area contributed by atoms with E-state index in [1.54, 1.807) is 18.7 Å². The predicted octanol–water partition coefficient (Wildman–Crippen LogP) is 0.636. The average molecular weight is 215 g/mol. The molecular weight excluding hydrogens is 202 g/mol. The second-order valence-corrected chi connectivity index (χ2v) is 4.07. The molecule has 1 amide bonds. The molecule has 1 fully saturated rings. The van der Waals surface area contributed by atoms with Crippen LogP contribution in [0.4, 0.5) is 4.79 Å². The highest BCUT2D eigenvalue weighted by atomic mass is 32.2. The summed E-state index contributed by atoms with van der Waals surface area (Å²) >= 11 is 1.69. The van der Waals surface area contributed by atoms with Crippen LogP contribution in [0.3, 0.4) is 0 Å². The van der Waals surface area contributed by atoms with Gasteiger partial charge in [-0.15, -0.1) is 0 Å². The van der Waals surface area contributed by atoms with Gasteiger partial charge in [0.25, 0.3) is 0 Å². The van der Waals surface area contributed by atoms with Crippen LogP contribution in [0, 0.1) is 11.3 Å². The SMILES string of the molecule is CCOC(=O)NNC1(C#N)CCSC1. The molecule has 1 aliphatic rings. The van der Waals surface area contributed by atoms with Crippen LogP contribution >= 0.6 is 11.8 Å². The number of amides is 1. The maximum absolute atomic E-state index is 10.9. The lowest BCUT2D eigenvalue weighted by molar-refractivity contribution is 0.143. The second-order valence-electron chi connectivity index (χ2n) is 2.97. The van der Waals surface area contributed by atoms with Crippen molar-refractivity contribution in [2.45, 2.75) is 18.9 Å². The summed E-state index contributed by atoms with van der Waals surface area (Å²) in [6.07, 6.45) is 0.194. The smallest absolute Gasteiger partial charge is 0.421 e. The minimum atomic E-state index is -0.628. The molecule has 0 aromatic carbocycles. The van der Waals surface area contributed by atoms with Gasteiger partial charge in [0, 0.05) is 5.75 Å². The molecule has 1 atom stereocenters. The Bertz CT molecular complexity index is 245. The molecule has 0 saturated carbocycles. The van der Waals surface area contributed by atoms with Gasteiger partial charge in [-0.3, -0.25) is 5.43 Å². The quantitative estimate of drug-likeness (QED) is 0.676. The number of carbonyl (C=O) groups excluding carboxylic acids is 1. The fraction of sp³-hybridized carbons (Fsp3) is 0.750. The minimum Gasteiger partial charge on any atom is -0.449 e. The molecule has 0 spiro atoms. The molecule has 0 bridgehead atoms. The molecule has 1 rings (SSSR count). The second kappa shape index (κ2) is 5.08. The van der Waals surface area contributed by atoms with E-state index in [1.165, 1.54) is 0 Å². The molecule has 6 heteroatoms. The van der Waals surface area contributed by atoms with Crippen LogP contribution in [-0.2, 0) is 4.74 Å². The summed E-state index contributed by atoms with van der Waals surface area (Å²) in [5.41, 5.74) is 4.47. The predicted molar refractivity (Wildman–Crippen MR) is 53.6 cm³/mol. The van der Waals surface area contributed by atoms with Gasteiger partial charge >= 0.3 is 6.09 Å². The summed E-state index contributed by atoms with van der Waals surface area (Å²) in [7, 11) is 0. The molecule has 1 unspecified atom stereocenters. The number of carbonyl (C=O) groups is 1. The Labute approximate surface area is 87.1 Å². The molecule has 1 aliphatic heterocycles. The van der Waals surface area contributed by atoms with Crippen molar-refractivity contribution < 1.29 is 9.53 Å². The topological polar surface area (TPSA) is 74.2 Å². The maximum Gasteiger partial charge on any atom is 0.421 e. The Balaban J connectivity index is 2.35. The number of nitriles is 1. The summed E-state index contributed by atoms with van der Waals surface area (Å²) in [6, 6.07) is 2.17. The molecule has 5 nitrogen and oxygen atoms in total. The molecule has 14 heavy (non-hydrogen) atoms. The summed E-state index contributed by atoms with van der Waals surface area (Å²) < 4.78 is 4.66. The van der Waals surface area contributed by atoms with E-state index < -0.39 is 11.6 Å². The summed E-state index contributed by atoms with van der Waals surface area (Å²) in [4.78, 5) is 10.9. The van der Waals surface area contributed by atoms with Crippen molar-refractivity contribution in [3.05, 3.63) is 0 Å². The fourth-order valence-corrected chi connectivity index (χ4v) is 2.38. The number of thioether (sulfide) groups is 1. The van der Waals surface area contributed by atoms with Gasteiger partial charge in [-0.2, -0.15) is 17.0 Å². The third-order valence-corrected chi connectivity index (χ3v) is 3.10. The number of ether oxygens (including phenoxy) is 1. The summed E-state index contributed by atoms with van der Waals surface area (Å²) in [5.74, 6) is 1.63. The summed E-state index contributed by atoms with van der Waals surface area (Å²) in [5, 5.41) is 8.94. The first-order valence-corrected chi connectivity index (χ1v) is 5.57. The van der Waals surface area contributed by atoms with Crippen molar-refractivity contribution >= 4 is 17.9 Å². The maximum atomic E-state index is 10.9. The largest absolute Gasteiger partial charge is 0.449 e. The lowest BCUT2D eigenvalue weighted by Gasteiger charge is -2.20. The zero-order valence-corrected chi connectivity index (χ0v) is 8.82. The fourth-order valence-electron chi connectivity index (χ4n) is 1.12. The molecule has 0 aromatic heterocycles. The summed E-state index contributed by atoms with van der Waals surface area (Å²) in [6.45, 7) is 2.05. The number of rotatable bonds is 3. The van der Waals surface area contributed by atoms with E-state index >= 15 is 0 Å². The average Bonchev–Trinajstić information content (AvgIpc) is 2.65. The van der Waals surface area contributed by atoms with E-state index in [-0.39, 0.29) is 0 Å². The lowest BCUT2D eigenvalue weighted by atomic mass is 10.0. The zero-order chi connectivity index (χ0) is 10.4. The van der Waals surface area contributed by atoms with Gasteiger partial charge in [0.05, 0.1) is 12.7 Å². The number of nitrogens with one attached hydrogen (secondary N) is 2. The Kier molecular flexibility index (Phi) is 4.04. The van der Waals surface area contributed by atoms with E-state index in [9.17, 15) is 4.79 Å². The standard InChI is InChI=1S/C8H13N3O2S/c1-2-13-7(12)10-11-8(5-9)3-4-14-6-8/h11H,2-4,6H2,1H3,(H,10,12). The number of nitrogens with zero attached hydrogens (tertiary/aromatic N) is 1. The van der Waals surface area contributed by atoms with Crippen molar-refractivity contribution in [1.82, 2.24) is 10.9 Å². The number of hydrogen-bond acceptors (Lipinski definition) is 5. The van der Waals surface area contributed by atoms with Gasteiger partial charge in [-0.05, 0) is 19.1 Å². The van der Waals surface area contributed by atoms with E-state index in [0.717, 1.165) is 12.2 Å². The lowest BCUT2D eigenvalue weighted by Crippen LogP contribution is -2.53. The molecule has 1 saturated heterocycles. The molecule has 0 aromatic rings. The van der Waals surface area contributed by atoms with Crippen molar-refractivity contribution in [2.24, 2.45) is 0 Å². The van der Waals surface area contributed by atoms with Crippen LogP contribution in [0.25, 0.3) is 0 Å². The Morgan fingerprint density at radius 1 is 1.79 bits per heavy atom. The van der Waals surface area contributed by atoms with E-state index in [0.29, 0.717) is 12.4 Å². The first-order valence-electron chi connectivity index (χ1n) is 4.41. The van der Waals surface area contributed by atoms with E-state index in [2.05, 4.69) is 21.7 Å². The van der Waals surface area contributed by atoms with Gasteiger partial charge in [0.1, 0.15) is 5.54 Å². The molecule has 1 heterocycles. The highest BCUT2D eigenvalue weighted by molar-refractivity contribution is 7.99. The van der Waals surface area contributed by atoms with Crippen LogP contribution in [0.15, 0.2) is 0 Å². The third-order valence-electron chi connectivity index (χ3n) is 1.91. The van der Waals surface area contributed by atoms with Crippen LogP contribution in [-0.4, -0.2) is 29.7 Å². The molecular formula is C8H13N3O2S. The van der Waals surface area contributed by atoms with Crippen LogP contribution in [0.1, 0.15) is 13.3 Å². The Hall–Kier alpha value is -0.930. The molecule has 0 aliphatic carbocycles. The van der Waals surface area contributed by atoms with E-state index in [1.807, 2.05) is 0 Å². The Morgan fingerprint density at radius 3 is 3.07 bits per heavy atom. The van der Waals surface area contributed by atoms with Crippen LogP contribution in [0.5, 0.6) is 0 Å². The minimum absolute atomic E-state index is 0.321. The Morgan fingerprint density at radius 2 is 2.57 bits per heavy atom. The van der Waals surface area contributed by atoms with Crippen molar-refractivity contribution in [3.63, 3.8) is 0 Å². The van der Waals surface area contributed by atoms with Gasteiger partial charge in [-0.1, -0.05) is 0 Å². The van der Waals surface area contributed by atoms with Crippen LogP contribution < -0.4 is 10.9 Å². The number of hydrazine groups is 1. The van der Waals surface area contributed by atoms with Crippen molar-refractivity contribution in [3.8, 4) is 6.07 Å². The van der Waals surface area contributed by atoms with E-state index in [4.69, 9.17) is 5.26 Å². The zero-order valence-electron chi connectivity index (χ0n) is 8.00. The van der Waals surface area contributed by atoms with Gasteiger partial charge < -0.3 is 4.74 Å². The first kappa shape index (κ1) is 11.1. The van der Waals surface area contributed by atoms with Gasteiger partial charge in [0.2, 0.25) is 0 Å². The normalized spacial score (nSPS) is 25.4.